The monoisotopic (exact) mass is 182 g/mol. The maximum absolute atomic E-state index is 11.3. The van der Waals surface area contributed by atoms with Crippen molar-refractivity contribution >= 4 is 5.97 Å². The summed E-state index contributed by atoms with van der Waals surface area (Å²) in [4.78, 5) is 11.3. The van der Waals surface area contributed by atoms with Crippen molar-refractivity contribution in [3.8, 4) is 0 Å². The highest BCUT2D eigenvalue weighted by atomic mass is 16.5. The summed E-state index contributed by atoms with van der Waals surface area (Å²) < 4.78 is 4.83. The Bertz CT molecular complexity index is 241. The van der Waals surface area contributed by atoms with Crippen LogP contribution in [-0.2, 0) is 9.53 Å². The lowest BCUT2D eigenvalue weighted by molar-refractivity contribution is -0.138. The molecular formula is C10H14O3. The Morgan fingerprint density at radius 2 is 2.23 bits per heavy atom. The number of aliphatic hydroxyl groups is 1. The van der Waals surface area contributed by atoms with E-state index in [1.54, 1.807) is 0 Å². The zero-order valence-electron chi connectivity index (χ0n) is 7.58. The molecule has 0 heterocycles. The van der Waals surface area contributed by atoms with E-state index < -0.39 is 5.97 Å². The zero-order valence-corrected chi connectivity index (χ0v) is 7.58. The van der Waals surface area contributed by atoms with E-state index in [0.717, 1.165) is 12.8 Å². The summed E-state index contributed by atoms with van der Waals surface area (Å²) in [7, 11) is 0. The van der Waals surface area contributed by atoms with Gasteiger partial charge >= 0.3 is 5.97 Å². The van der Waals surface area contributed by atoms with Gasteiger partial charge in [-0.3, -0.25) is 0 Å². The van der Waals surface area contributed by atoms with Gasteiger partial charge in [0.25, 0.3) is 0 Å². The first-order chi connectivity index (χ1) is 6.25. The van der Waals surface area contributed by atoms with Crippen molar-refractivity contribution in [1.29, 1.82) is 0 Å². The molecule has 0 aromatic rings. The fourth-order valence-electron chi connectivity index (χ4n) is 1.33. The molecule has 0 aromatic carbocycles. The largest absolute Gasteiger partial charge is 0.512 e. The first-order valence-corrected chi connectivity index (χ1v) is 4.44. The molecule has 0 aromatic heterocycles. The predicted molar refractivity (Wildman–Crippen MR) is 49.3 cm³/mol. The van der Waals surface area contributed by atoms with Crippen molar-refractivity contribution in [2.75, 3.05) is 6.61 Å². The van der Waals surface area contributed by atoms with Crippen molar-refractivity contribution in [2.45, 2.75) is 25.7 Å². The van der Waals surface area contributed by atoms with Crippen LogP contribution in [0.1, 0.15) is 25.7 Å². The van der Waals surface area contributed by atoms with Gasteiger partial charge in [-0.1, -0.05) is 12.7 Å². The number of hydrogen-bond acceptors (Lipinski definition) is 3. The molecule has 0 atom stereocenters. The quantitative estimate of drug-likeness (QED) is 0.537. The Balaban J connectivity index is 2.58. The SMILES string of the molecule is C=CCOC(=O)C1=C(O)CCCC1. The highest BCUT2D eigenvalue weighted by Crippen LogP contribution is 2.23. The second kappa shape index (κ2) is 4.70. The Hall–Kier alpha value is -1.25. The van der Waals surface area contributed by atoms with Gasteiger partial charge in [-0.25, -0.2) is 4.79 Å². The van der Waals surface area contributed by atoms with Crippen LogP contribution in [0.5, 0.6) is 0 Å². The highest BCUT2D eigenvalue weighted by molar-refractivity contribution is 5.89. The molecule has 0 fully saturated rings. The molecule has 1 rings (SSSR count). The molecule has 0 bridgehead atoms. The van der Waals surface area contributed by atoms with E-state index in [1.807, 2.05) is 0 Å². The minimum absolute atomic E-state index is 0.195. The summed E-state index contributed by atoms with van der Waals surface area (Å²) in [5.41, 5.74) is 0.438. The zero-order chi connectivity index (χ0) is 9.68. The Labute approximate surface area is 77.7 Å². The first kappa shape index (κ1) is 9.84. The molecule has 72 valence electrons. The Morgan fingerprint density at radius 1 is 1.54 bits per heavy atom. The number of allylic oxidation sites excluding steroid dienone is 1. The lowest BCUT2D eigenvalue weighted by atomic mass is 9.98. The van der Waals surface area contributed by atoms with E-state index in [-0.39, 0.29) is 12.4 Å². The summed E-state index contributed by atoms with van der Waals surface area (Å²) in [6.07, 6.45) is 4.63. The van der Waals surface area contributed by atoms with E-state index in [9.17, 15) is 9.90 Å². The van der Waals surface area contributed by atoms with Crippen LogP contribution in [0, 0.1) is 0 Å². The van der Waals surface area contributed by atoms with Crippen molar-refractivity contribution in [3.05, 3.63) is 24.0 Å². The van der Waals surface area contributed by atoms with Crippen molar-refractivity contribution < 1.29 is 14.6 Å². The molecule has 0 radical (unpaired) electrons. The molecule has 1 aliphatic carbocycles. The maximum atomic E-state index is 11.3. The van der Waals surface area contributed by atoms with Crippen LogP contribution in [0.2, 0.25) is 0 Å². The van der Waals surface area contributed by atoms with Crippen LogP contribution in [0.3, 0.4) is 0 Å². The highest BCUT2D eigenvalue weighted by Gasteiger charge is 2.19. The molecule has 0 saturated heterocycles. The predicted octanol–water partition coefficient (Wildman–Crippen LogP) is 2.10. The van der Waals surface area contributed by atoms with Gasteiger partial charge < -0.3 is 9.84 Å². The average molecular weight is 182 g/mol. The molecule has 3 nitrogen and oxygen atoms in total. The summed E-state index contributed by atoms with van der Waals surface area (Å²) >= 11 is 0. The van der Waals surface area contributed by atoms with Crippen molar-refractivity contribution in [1.82, 2.24) is 0 Å². The number of esters is 1. The molecule has 0 amide bonds. The van der Waals surface area contributed by atoms with Gasteiger partial charge in [-0.05, 0) is 19.3 Å². The maximum Gasteiger partial charge on any atom is 0.337 e. The summed E-state index contributed by atoms with van der Waals surface area (Å²) in [5.74, 6) is -0.211. The van der Waals surface area contributed by atoms with E-state index >= 15 is 0 Å². The van der Waals surface area contributed by atoms with Crippen LogP contribution in [0.25, 0.3) is 0 Å². The van der Waals surface area contributed by atoms with Gasteiger partial charge in [-0.15, -0.1) is 0 Å². The molecule has 0 aliphatic heterocycles. The number of carbonyl (C=O) groups is 1. The van der Waals surface area contributed by atoms with E-state index in [2.05, 4.69) is 6.58 Å². The summed E-state index contributed by atoms with van der Waals surface area (Å²) in [6.45, 7) is 3.64. The third-order valence-corrected chi connectivity index (χ3v) is 2.02. The Morgan fingerprint density at radius 3 is 2.85 bits per heavy atom. The van der Waals surface area contributed by atoms with Gasteiger partial charge in [0.2, 0.25) is 0 Å². The fourth-order valence-corrected chi connectivity index (χ4v) is 1.33. The fraction of sp³-hybridized carbons (Fsp3) is 0.500. The molecule has 13 heavy (non-hydrogen) atoms. The lowest BCUT2D eigenvalue weighted by Crippen LogP contribution is -2.13. The number of carbonyl (C=O) groups excluding carboxylic acids is 1. The first-order valence-electron chi connectivity index (χ1n) is 4.44. The van der Waals surface area contributed by atoms with Crippen LogP contribution in [0.15, 0.2) is 24.0 Å². The smallest absolute Gasteiger partial charge is 0.337 e. The second-order valence-corrected chi connectivity index (χ2v) is 3.02. The molecule has 0 saturated carbocycles. The summed E-state index contributed by atoms with van der Waals surface area (Å²) in [6, 6.07) is 0. The van der Waals surface area contributed by atoms with Crippen molar-refractivity contribution in [3.63, 3.8) is 0 Å². The normalized spacial score (nSPS) is 16.9. The summed E-state index contributed by atoms with van der Waals surface area (Å²) in [5, 5.41) is 9.39. The topological polar surface area (TPSA) is 46.5 Å². The molecule has 1 aliphatic rings. The standard InChI is InChI=1S/C10H14O3/c1-2-7-13-10(12)8-5-3-4-6-9(8)11/h2,11H,1,3-7H2. The van der Waals surface area contributed by atoms with Gasteiger partial charge in [-0.2, -0.15) is 0 Å². The van der Waals surface area contributed by atoms with Gasteiger partial charge in [0.05, 0.1) is 5.57 Å². The second-order valence-electron chi connectivity index (χ2n) is 3.02. The third kappa shape index (κ3) is 2.61. The van der Waals surface area contributed by atoms with Crippen LogP contribution >= 0.6 is 0 Å². The number of rotatable bonds is 3. The number of ether oxygens (including phenoxy) is 1. The number of aliphatic hydroxyl groups excluding tert-OH is 1. The van der Waals surface area contributed by atoms with Gasteiger partial charge in [0.1, 0.15) is 12.4 Å². The van der Waals surface area contributed by atoms with Crippen LogP contribution < -0.4 is 0 Å². The van der Waals surface area contributed by atoms with E-state index in [4.69, 9.17) is 4.74 Å². The average Bonchev–Trinajstić information content (AvgIpc) is 2.15. The van der Waals surface area contributed by atoms with Gasteiger partial charge in [0.15, 0.2) is 0 Å². The number of hydrogen-bond donors (Lipinski definition) is 1. The molecule has 0 unspecified atom stereocenters. The van der Waals surface area contributed by atoms with Gasteiger partial charge in [0, 0.05) is 6.42 Å². The molecule has 1 N–H and O–H groups in total. The minimum Gasteiger partial charge on any atom is -0.512 e. The third-order valence-electron chi connectivity index (χ3n) is 2.02. The molecule has 3 heteroatoms. The Kier molecular flexibility index (Phi) is 3.55. The molecular weight excluding hydrogens is 168 g/mol. The van der Waals surface area contributed by atoms with E-state index in [1.165, 1.54) is 6.08 Å². The van der Waals surface area contributed by atoms with E-state index in [0.29, 0.717) is 18.4 Å². The van der Waals surface area contributed by atoms with Crippen molar-refractivity contribution in [2.24, 2.45) is 0 Å². The minimum atomic E-state index is -0.405. The molecule has 0 spiro atoms. The van der Waals surface area contributed by atoms with Crippen LogP contribution in [0.4, 0.5) is 0 Å². The van der Waals surface area contributed by atoms with Crippen LogP contribution in [-0.4, -0.2) is 17.7 Å². The lowest BCUT2D eigenvalue weighted by Gasteiger charge is -2.14.